The fourth-order valence-electron chi connectivity index (χ4n) is 3.51. The van der Waals surface area contributed by atoms with Crippen LogP contribution in [0.1, 0.15) is 61.5 Å². The Morgan fingerprint density at radius 3 is 2.38 bits per heavy atom. The van der Waals surface area contributed by atoms with Crippen LogP contribution in [0.15, 0.2) is 36.9 Å². The maximum Gasteiger partial charge on any atom is 0.335 e. The van der Waals surface area contributed by atoms with Crippen LogP contribution in [-0.2, 0) is 10.8 Å². The third-order valence-corrected chi connectivity index (χ3v) is 6.83. The molecule has 1 unspecified atom stereocenters. The highest BCUT2D eigenvalue weighted by molar-refractivity contribution is 7.15. The monoisotopic (exact) mass is 371 g/mol. The van der Waals surface area contributed by atoms with Gasteiger partial charge >= 0.3 is 5.97 Å². The van der Waals surface area contributed by atoms with E-state index in [0.29, 0.717) is 12.1 Å². The van der Waals surface area contributed by atoms with Crippen LogP contribution in [0.2, 0.25) is 0 Å². The van der Waals surface area contributed by atoms with Crippen molar-refractivity contribution in [1.82, 2.24) is 4.98 Å². The number of hydrogen-bond acceptors (Lipinski definition) is 3. The van der Waals surface area contributed by atoms with E-state index in [4.69, 9.17) is 10.1 Å². The van der Waals surface area contributed by atoms with Crippen LogP contribution in [0.3, 0.4) is 0 Å². The Balaban J connectivity index is 2.06. The van der Waals surface area contributed by atoms with Gasteiger partial charge in [0.15, 0.2) is 0 Å². The number of rotatable bonds is 5. The average molecular weight is 372 g/mol. The zero-order valence-corrected chi connectivity index (χ0v) is 16.7. The van der Waals surface area contributed by atoms with Crippen molar-refractivity contribution in [3.63, 3.8) is 0 Å². The minimum absolute atomic E-state index is 0.0893. The summed E-state index contributed by atoms with van der Waals surface area (Å²) in [7, 11) is 0. The lowest BCUT2D eigenvalue weighted by Crippen LogP contribution is -3.01. The number of fused-ring (bicyclic) bond motifs is 1. The van der Waals surface area contributed by atoms with Crippen LogP contribution in [0.25, 0.3) is 0 Å². The maximum absolute atomic E-state index is 11.1. The first-order valence-electron chi connectivity index (χ1n) is 8.98. The van der Waals surface area contributed by atoms with Gasteiger partial charge in [0.05, 0.1) is 11.3 Å². The summed E-state index contributed by atoms with van der Waals surface area (Å²) in [5.41, 5.74) is 2.76. The van der Waals surface area contributed by atoms with E-state index in [1.54, 1.807) is 23.5 Å². The lowest BCUT2D eigenvalue weighted by molar-refractivity contribution is -0.752. The predicted molar refractivity (Wildman–Crippen MR) is 106 cm³/mol. The van der Waals surface area contributed by atoms with E-state index in [1.807, 2.05) is 18.2 Å². The maximum atomic E-state index is 11.1. The first kappa shape index (κ1) is 18.8. The molecular weight excluding hydrogens is 344 g/mol. The van der Waals surface area contributed by atoms with Gasteiger partial charge < -0.3 is 5.11 Å². The average Bonchev–Trinajstić information content (AvgIpc) is 3.05. The van der Waals surface area contributed by atoms with Gasteiger partial charge in [-0.25, -0.2) is 9.69 Å². The highest BCUT2D eigenvalue weighted by atomic mass is 32.1. The number of aromatic nitrogens is 1. The van der Waals surface area contributed by atoms with Crippen molar-refractivity contribution in [3.8, 4) is 0 Å². The molecule has 2 N–H and O–H groups in total. The summed E-state index contributed by atoms with van der Waals surface area (Å²) < 4.78 is 0. The number of thiazole rings is 1. The molecule has 5 heteroatoms. The molecule has 0 aliphatic heterocycles. The molecule has 0 radical (unpaired) electrons. The summed E-state index contributed by atoms with van der Waals surface area (Å²) in [6.07, 6.45) is 4.19. The van der Waals surface area contributed by atoms with Gasteiger partial charge in [-0.05, 0) is 31.1 Å². The number of benzene rings is 1. The minimum atomic E-state index is -0.907. The number of nitrogens with one attached hydrogen (secondary N) is 1. The van der Waals surface area contributed by atoms with Crippen molar-refractivity contribution < 1.29 is 14.8 Å². The molecule has 1 aromatic carbocycles. The molecule has 138 valence electrons. The first-order chi connectivity index (χ1) is 12.2. The van der Waals surface area contributed by atoms with Crippen molar-refractivity contribution in [3.05, 3.63) is 53.1 Å². The first-order valence-corrected chi connectivity index (χ1v) is 9.80. The molecular formula is C21H27N2O2S+. The van der Waals surface area contributed by atoms with E-state index in [9.17, 15) is 4.79 Å². The highest BCUT2D eigenvalue weighted by Crippen LogP contribution is 2.48. The summed E-state index contributed by atoms with van der Waals surface area (Å²) in [5, 5.41) is 10.2. The second kappa shape index (κ2) is 6.63. The van der Waals surface area contributed by atoms with Crippen molar-refractivity contribution in [1.29, 1.82) is 0 Å². The highest BCUT2D eigenvalue weighted by Gasteiger charge is 2.42. The van der Waals surface area contributed by atoms with Crippen LogP contribution >= 0.6 is 11.3 Å². The van der Waals surface area contributed by atoms with Gasteiger partial charge in [-0.1, -0.05) is 45.6 Å². The zero-order valence-electron chi connectivity index (χ0n) is 15.9. The number of carboxylic acids is 1. The Bertz CT molecular complexity index is 801. The van der Waals surface area contributed by atoms with Crippen LogP contribution in [0, 0.1) is 0 Å². The molecule has 1 heterocycles. The molecule has 0 spiro atoms. The van der Waals surface area contributed by atoms with Gasteiger partial charge in [0.2, 0.25) is 0 Å². The number of carboxylic acid groups (broad SMARTS) is 1. The Hall–Kier alpha value is -1.98. The lowest BCUT2D eigenvalue weighted by Gasteiger charge is -2.37. The zero-order chi connectivity index (χ0) is 19.1. The molecule has 3 rings (SSSR count). The Morgan fingerprint density at radius 1 is 1.23 bits per heavy atom. The van der Waals surface area contributed by atoms with Gasteiger partial charge in [0, 0.05) is 27.8 Å². The summed E-state index contributed by atoms with van der Waals surface area (Å²) in [6, 6.07) is 7.06. The molecule has 1 aliphatic carbocycles. The second-order valence-corrected chi connectivity index (χ2v) is 9.32. The molecule has 0 fully saturated rings. The lowest BCUT2D eigenvalue weighted by atomic mass is 9.69. The molecule has 26 heavy (non-hydrogen) atoms. The Labute approximate surface area is 159 Å². The number of nitrogens with zero attached hydrogens (tertiary/aromatic N) is 1. The normalized spacial score (nSPS) is 18.8. The van der Waals surface area contributed by atoms with E-state index < -0.39 is 5.97 Å². The molecule has 0 saturated carbocycles. The number of quaternary nitrogens is 1. The van der Waals surface area contributed by atoms with Crippen molar-refractivity contribution in [2.75, 3.05) is 6.54 Å². The standard InChI is InChI=1S/C21H26N2O2S/c1-6-13-23(15-9-7-14(8-10-15)18(24)25)19-22-16-17(26-19)21(4,5)12-11-20(16,2)3/h6-10H,1,11-13H2,2-5H3,(H,24,25)/p+1. The number of hydrogen-bond donors (Lipinski definition) is 2. The summed E-state index contributed by atoms with van der Waals surface area (Å²) >= 11 is 1.79. The summed E-state index contributed by atoms with van der Waals surface area (Å²) in [6.45, 7) is 13.8. The van der Waals surface area contributed by atoms with E-state index >= 15 is 0 Å². The number of carbonyl (C=O) groups is 1. The largest absolute Gasteiger partial charge is 0.478 e. The SMILES string of the molecule is C=CC[NH+](c1ccc(C(=O)O)cc1)c1nc2c(s1)C(C)(C)CCC2(C)C. The fourth-order valence-corrected chi connectivity index (χ4v) is 4.96. The van der Waals surface area contributed by atoms with E-state index in [2.05, 4.69) is 34.3 Å². The van der Waals surface area contributed by atoms with Crippen LogP contribution in [-0.4, -0.2) is 22.6 Å². The van der Waals surface area contributed by atoms with Crippen molar-refractivity contribution in [2.45, 2.75) is 51.4 Å². The molecule has 2 aromatic rings. The van der Waals surface area contributed by atoms with E-state index in [-0.39, 0.29) is 10.8 Å². The smallest absolute Gasteiger partial charge is 0.335 e. The predicted octanol–water partition coefficient (Wildman–Crippen LogP) is 4.22. The number of aromatic carboxylic acids is 1. The summed E-state index contributed by atoms with van der Waals surface area (Å²) in [4.78, 5) is 18.7. The van der Waals surface area contributed by atoms with E-state index in [1.165, 1.54) is 17.0 Å². The molecule has 0 saturated heterocycles. The van der Waals surface area contributed by atoms with Gasteiger partial charge in [0.25, 0.3) is 5.13 Å². The minimum Gasteiger partial charge on any atom is -0.478 e. The molecule has 1 aromatic heterocycles. The van der Waals surface area contributed by atoms with Gasteiger partial charge in [-0.2, -0.15) is 4.98 Å². The fraction of sp³-hybridized carbons (Fsp3) is 0.429. The quantitative estimate of drug-likeness (QED) is 0.774. The van der Waals surface area contributed by atoms with Crippen LogP contribution in [0.4, 0.5) is 10.8 Å². The topological polar surface area (TPSA) is 54.6 Å². The summed E-state index contributed by atoms with van der Waals surface area (Å²) in [5.74, 6) is -0.907. The van der Waals surface area contributed by atoms with Gasteiger partial charge in [-0.15, -0.1) is 0 Å². The Kier molecular flexibility index (Phi) is 4.80. The van der Waals surface area contributed by atoms with E-state index in [0.717, 1.165) is 22.1 Å². The second-order valence-electron chi connectivity index (χ2n) is 8.32. The van der Waals surface area contributed by atoms with Gasteiger partial charge in [0.1, 0.15) is 12.2 Å². The van der Waals surface area contributed by atoms with Crippen LogP contribution in [0.5, 0.6) is 0 Å². The molecule has 1 atom stereocenters. The van der Waals surface area contributed by atoms with Gasteiger partial charge in [-0.3, -0.25) is 0 Å². The molecule has 0 bridgehead atoms. The third kappa shape index (κ3) is 3.33. The van der Waals surface area contributed by atoms with Crippen LogP contribution < -0.4 is 4.90 Å². The molecule has 0 amide bonds. The molecule has 1 aliphatic rings. The molecule has 4 nitrogen and oxygen atoms in total. The van der Waals surface area contributed by atoms with Crippen molar-refractivity contribution >= 4 is 28.1 Å². The third-order valence-electron chi connectivity index (χ3n) is 5.34. The Morgan fingerprint density at radius 2 is 1.85 bits per heavy atom. The van der Waals surface area contributed by atoms with Crippen molar-refractivity contribution in [2.24, 2.45) is 0 Å².